The first kappa shape index (κ1) is 25.3. The average Bonchev–Trinajstić information content (AvgIpc) is 3.13. The number of hydrogen-bond donors (Lipinski definition) is 1. The van der Waals surface area contributed by atoms with Crippen LogP contribution in [0.3, 0.4) is 0 Å². The molecule has 0 bridgehead atoms. The van der Waals surface area contributed by atoms with Gasteiger partial charge in [-0.3, -0.25) is 14.5 Å². The minimum absolute atomic E-state index is 0.0435. The Labute approximate surface area is 215 Å². The van der Waals surface area contributed by atoms with Crippen LogP contribution in [0.15, 0.2) is 66.2 Å². The zero-order valence-electron chi connectivity index (χ0n) is 20.8. The first-order chi connectivity index (χ1) is 17.2. The number of rotatable bonds is 6. The fraction of sp³-hybridized carbons (Fsp3) is 0.241. The van der Waals surface area contributed by atoms with Crippen LogP contribution in [0.25, 0.3) is 5.76 Å². The van der Waals surface area contributed by atoms with Gasteiger partial charge in [0.2, 0.25) is 0 Å². The molecule has 0 spiro atoms. The number of aliphatic hydroxyl groups is 1. The third kappa shape index (κ3) is 4.44. The second kappa shape index (κ2) is 10.1. The number of Topliss-reactive ketones (excluding diaryl/α,β-unsaturated/α-hetero) is 1. The maximum Gasteiger partial charge on any atom is 0.300 e. The molecule has 186 valence electrons. The van der Waals surface area contributed by atoms with Gasteiger partial charge in [0.25, 0.3) is 11.7 Å². The number of aryl methyl sites for hydroxylation is 1. The second-order valence-corrected chi connectivity index (χ2v) is 9.42. The zero-order valence-corrected chi connectivity index (χ0v) is 21.6. The Morgan fingerprint density at radius 3 is 2.22 bits per heavy atom. The van der Waals surface area contributed by atoms with Crippen molar-refractivity contribution in [3.05, 3.63) is 93.5 Å². The topological polar surface area (TPSA) is 76.1 Å². The molecule has 1 fully saturated rings. The number of anilines is 1. The number of methoxy groups -OCH3 is 2. The van der Waals surface area contributed by atoms with Crippen LogP contribution in [0, 0.1) is 6.92 Å². The molecular weight excluding hydrogens is 478 g/mol. The highest BCUT2D eigenvalue weighted by molar-refractivity contribution is 6.51. The van der Waals surface area contributed by atoms with Gasteiger partial charge in [-0.25, -0.2) is 0 Å². The number of amides is 1. The molecule has 7 heteroatoms. The highest BCUT2D eigenvalue weighted by Gasteiger charge is 2.47. The lowest BCUT2D eigenvalue weighted by atomic mass is 9.93. The van der Waals surface area contributed by atoms with Crippen molar-refractivity contribution in [3.63, 3.8) is 0 Å². The van der Waals surface area contributed by atoms with E-state index in [-0.39, 0.29) is 27.7 Å². The lowest BCUT2D eigenvalue weighted by molar-refractivity contribution is -0.132. The van der Waals surface area contributed by atoms with Crippen molar-refractivity contribution in [1.29, 1.82) is 0 Å². The summed E-state index contributed by atoms with van der Waals surface area (Å²) in [7, 11) is 2.90. The van der Waals surface area contributed by atoms with Gasteiger partial charge >= 0.3 is 0 Å². The van der Waals surface area contributed by atoms with Crippen LogP contribution in [0.5, 0.6) is 11.5 Å². The summed E-state index contributed by atoms with van der Waals surface area (Å²) in [5.74, 6) is -0.966. The molecule has 36 heavy (non-hydrogen) atoms. The minimum atomic E-state index is -0.847. The van der Waals surface area contributed by atoms with Gasteiger partial charge in [0, 0.05) is 11.8 Å². The fourth-order valence-electron chi connectivity index (χ4n) is 4.46. The minimum Gasteiger partial charge on any atom is -0.507 e. The first-order valence-corrected chi connectivity index (χ1v) is 11.9. The van der Waals surface area contributed by atoms with Crippen LogP contribution in [0.2, 0.25) is 5.02 Å². The average molecular weight is 506 g/mol. The molecule has 6 nitrogen and oxygen atoms in total. The fourth-order valence-corrected chi connectivity index (χ4v) is 4.71. The van der Waals surface area contributed by atoms with E-state index in [1.165, 1.54) is 31.3 Å². The number of benzene rings is 3. The molecule has 1 N–H and O–H groups in total. The zero-order chi connectivity index (χ0) is 26.1. The van der Waals surface area contributed by atoms with Crippen molar-refractivity contribution in [2.45, 2.75) is 32.7 Å². The summed E-state index contributed by atoms with van der Waals surface area (Å²) >= 11 is 6.34. The van der Waals surface area contributed by atoms with E-state index in [1.807, 2.05) is 55.5 Å². The molecule has 1 unspecified atom stereocenters. The van der Waals surface area contributed by atoms with Crippen LogP contribution in [0.4, 0.5) is 5.69 Å². The molecular formula is C29H28ClNO5. The standard InChI is InChI=1S/C29H28ClNO5/c1-16(2)18-9-11-20(12-10-18)31-26(19-8-6-7-17(3)13-19)25(28(33)29(31)34)27(32)21-14-22(30)24(36-5)15-23(21)35-4/h6-16,26,32H,1-5H3/b27-25+. The monoisotopic (exact) mass is 505 g/mol. The van der Waals surface area contributed by atoms with Gasteiger partial charge in [-0.05, 0) is 42.2 Å². The van der Waals surface area contributed by atoms with Gasteiger partial charge < -0.3 is 14.6 Å². The van der Waals surface area contributed by atoms with Gasteiger partial charge in [-0.2, -0.15) is 0 Å². The molecule has 0 aliphatic carbocycles. The molecule has 1 amide bonds. The molecule has 1 aliphatic rings. The summed E-state index contributed by atoms with van der Waals surface area (Å²) < 4.78 is 10.7. The van der Waals surface area contributed by atoms with E-state index in [4.69, 9.17) is 21.1 Å². The molecule has 1 atom stereocenters. The maximum atomic E-state index is 13.4. The Balaban J connectivity index is 1.96. The number of ether oxygens (including phenoxy) is 2. The van der Waals surface area contributed by atoms with E-state index in [2.05, 4.69) is 13.8 Å². The molecule has 3 aromatic carbocycles. The highest BCUT2D eigenvalue weighted by atomic mass is 35.5. The number of carbonyl (C=O) groups is 2. The SMILES string of the molecule is COc1cc(OC)c(/C(O)=C2\C(=O)C(=O)N(c3ccc(C(C)C)cc3)C2c2cccc(C)c2)cc1Cl. The Bertz CT molecular complexity index is 1360. The van der Waals surface area contributed by atoms with E-state index in [9.17, 15) is 14.7 Å². The van der Waals surface area contributed by atoms with E-state index >= 15 is 0 Å². The van der Waals surface area contributed by atoms with Crippen LogP contribution >= 0.6 is 11.6 Å². The summed E-state index contributed by atoms with van der Waals surface area (Å²) in [6.45, 7) is 6.10. The lowest BCUT2D eigenvalue weighted by Gasteiger charge is -2.26. The molecule has 3 aromatic rings. The summed E-state index contributed by atoms with van der Waals surface area (Å²) in [6, 6.07) is 17.2. The number of hydrogen-bond acceptors (Lipinski definition) is 5. The predicted octanol–water partition coefficient (Wildman–Crippen LogP) is 6.42. The highest BCUT2D eigenvalue weighted by Crippen LogP contribution is 2.45. The van der Waals surface area contributed by atoms with Gasteiger partial charge in [0.15, 0.2) is 0 Å². The normalized spacial score (nSPS) is 17.1. The van der Waals surface area contributed by atoms with Crippen LogP contribution in [-0.4, -0.2) is 31.0 Å². The van der Waals surface area contributed by atoms with Crippen LogP contribution in [-0.2, 0) is 9.59 Å². The molecule has 0 radical (unpaired) electrons. The van der Waals surface area contributed by atoms with Gasteiger partial charge in [0.1, 0.15) is 17.3 Å². The Hall–Kier alpha value is -3.77. The van der Waals surface area contributed by atoms with Crippen molar-refractivity contribution < 1.29 is 24.2 Å². The van der Waals surface area contributed by atoms with Crippen molar-refractivity contribution in [2.75, 3.05) is 19.1 Å². The number of carbonyl (C=O) groups excluding carboxylic acids is 2. The second-order valence-electron chi connectivity index (χ2n) is 9.02. The van der Waals surface area contributed by atoms with Crippen LogP contribution < -0.4 is 14.4 Å². The molecule has 0 saturated carbocycles. The van der Waals surface area contributed by atoms with Crippen molar-refractivity contribution in [1.82, 2.24) is 0 Å². The number of aliphatic hydroxyl groups excluding tert-OH is 1. The van der Waals surface area contributed by atoms with Crippen LogP contribution in [0.1, 0.15) is 48.1 Å². The van der Waals surface area contributed by atoms with Crippen molar-refractivity contribution >= 4 is 34.7 Å². The molecule has 1 heterocycles. The summed E-state index contributed by atoms with van der Waals surface area (Å²) in [6.07, 6.45) is 0. The van der Waals surface area contributed by atoms with Gasteiger partial charge in [-0.15, -0.1) is 0 Å². The summed E-state index contributed by atoms with van der Waals surface area (Å²) in [5.41, 5.74) is 3.47. The molecule has 4 rings (SSSR count). The van der Waals surface area contributed by atoms with Crippen molar-refractivity contribution in [3.8, 4) is 11.5 Å². The quantitative estimate of drug-likeness (QED) is 0.238. The smallest absolute Gasteiger partial charge is 0.300 e. The largest absolute Gasteiger partial charge is 0.507 e. The van der Waals surface area contributed by atoms with E-state index < -0.39 is 17.7 Å². The summed E-state index contributed by atoms with van der Waals surface area (Å²) in [5, 5.41) is 11.7. The van der Waals surface area contributed by atoms with E-state index in [0.717, 1.165) is 11.1 Å². The molecule has 0 aromatic heterocycles. The van der Waals surface area contributed by atoms with Gasteiger partial charge in [-0.1, -0.05) is 67.4 Å². The lowest BCUT2D eigenvalue weighted by Crippen LogP contribution is -2.29. The van der Waals surface area contributed by atoms with E-state index in [0.29, 0.717) is 22.9 Å². The summed E-state index contributed by atoms with van der Waals surface area (Å²) in [4.78, 5) is 28.3. The molecule has 1 aliphatic heterocycles. The molecule has 1 saturated heterocycles. The third-order valence-electron chi connectivity index (χ3n) is 6.37. The third-order valence-corrected chi connectivity index (χ3v) is 6.66. The number of halogens is 1. The number of ketones is 1. The number of nitrogens with zero attached hydrogens (tertiary/aromatic N) is 1. The predicted molar refractivity (Wildman–Crippen MR) is 141 cm³/mol. The maximum absolute atomic E-state index is 13.4. The van der Waals surface area contributed by atoms with Crippen molar-refractivity contribution in [2.24, 2.45) is 0 Å². The van der Waals surface area contributed by atoms with E-state index in [1.54, 1.807) is 0 Å². The Morgan fingerprint density at radius 1 is 0.972 bits per heavy atom. The first-order valence-electron chi connectivity index (χ1n) is 11.6. The van der Waals surface area contributed by atoms with Gasteiger partial charge in [0.05, 0.1) is 36.4 Å². The Kier molecular flexibility index (Phi) is 7.09. The Morgan fingerprint density at radius 2 is 1.64 bits per heavy atom.